The van der Waals surface area contributed by atoms with Crippen LogP contribution in [0.3, 0.4) is 0 Å². The van der Waals surface area contributed by atoms with E-state index >= 15 is 0 Å². The van der Waals surface area contributed by atoms with Crippen molar-refractivity contribution in [3.63, 3.8) is 0 Å². The van der Waals surface area contributed by atoms with Gasteiger partial charge >= 0.3 is 0 Å². The highest BCUT2D eigenvalue weighted by Gasteiger charge is 2.27. The lowest BCUT2D eigenvalue weighted by atomic mass is 10.0. The zero-order valence-corrected chi connectivity index (χ0v) is 17.0. The van der Waals surface area contributed by atoms with Gasteiger partial charge in [-0.05, 0) is 38.5 Å². The number of aliphatic hydroxyl groups excluding tert-OH is 1. The number of likely N-dealkylation sites (tertiary alicyclic amines) is 1. The van der Waals surface area contributed by atoms with E-state index in [4.69, 9.17) is 4.74 Å². The van der Waals surface area contributed by atoms with E-state index in [-0.39, 0.29) is 0 Å². The van der Waals surface area contributed by atoms with Crippen molar-refractivity contribution >= 4 is 5.96 Å². The Morgan fingerprint density at radius 3 is 2.46 bits per heavy atom. The van der Waals surface area contributed by atoms with Gasteiger partial charge in [-0.1, -0.05) is 26.7 Å². The second kappa shape index (κ2) is 11.8. The smallest absolute Gasteiger partial charge is 0.191 e. The Morgan fingerprint density at radius 2 is 1.85 bits per heavy atom. The molecule has 26 heavy (non-hydrogen) atoms. The van der Waals surface area contributed by atoms with Crippen LogP contribution in [0.1, 0.15) is 59.3 Å². The third kappa shape index (κ3) is 7.80. The first-order valence-corrected chi connectivity index (χ1v) is 10.6. The molecule has 0 aromatic rings. The SMILES string of the molecule is CCNC(=NCC(O)COCC(C)C)NC1CCN(C2CCCC2)CC1. The molecule has 0 bridgehead atoms. The van der Waals surface area contributed by atoms with Crippen LogP contribution in [0.2, 0.25) is 0 Å². The van der Waals surface area contributed by atoms with Gasteiger partial charge in [0, 0.05) is 38.3 Å². The Hall–Kier alpha value is -0.850. The Morgan fingerprint density at radius 1 is 1.15 bits per heavy atom. The summed E-state index contributed by atoms with van der Waals surface area (Å²) in [5, 5.41) is 16.9. The number of ether oxygens (including phenoxy) is 1. The van der Waals surface area contributed by atoms with Crippen molar-refractivity contribution in [1.82, 2.24) is 15.5 Å². The summed E-state index contributed by atoms with van der Waals surface area (Å²) in [4.78, 5) is 7.24. The molecular formula is C20H40N4O2. The van der Waals surface area contributed by atoms with Crippen molar-refractivity contribution < 1.29 is 9.84 Å². The van der Waals surface area contributed by atoms with Crippen molar-refractivity contribution in [1.29, 1.82) is 0 Å². The van der Waals surface area contributed by atoms with Crippen LogP contribution >= 0.6 is 0 Å². The lowest BCUT2D eigenvalue weighted by Crippen LogP contribution is -2.50. The maximum atomic E-state index is 10.0. The van der Waals surface area contributed by atoms with E-state index in [1.807, 2.05) is 0 Å². The number of rotatable bonds is 9. The molecule has 1 aliphatic heterocycles. The number of hydrogen-bond donors (Lipinski definition) is 3. The summed E-state index contributed by atoms with van der Waals surface area (Å²) in [7, 11) is 0. The van der Waals surface area contributed by atoms with Gasteiger partial charge in [-0.15, -0.1) is 0 Å². The Bertz CT molecular complexity index is 403. The molecule has 0 radical (unpaired) electrons. The van der Waals surface area contributed by atoms with Crippen LogP contribution in [-0.4, -0.2) is 73.5 Å². The number of piperidine rings is 1. The van der Waals surface area contributed by atoms with Crippen LogP contribution in [-0.2, 0) is 4.74 Å². The molecule has 2 rings (SSSR count). The summed E-state index contributed by atoms with van der Waals surface area (Å²) < 4.78 is 5.49. The molecule has 152 valence electrons. The summed E-state index contributed by atoms with van der Waals surface area (Å²) in [6.45, 7) is 10.9. The number of nitrogens with zero attached hydrogens (tertiary/aromatic N) is 2. The zero-order valence-electron chi connectivity index (χ0n) is 17.0. The highest BCUT2D eigenvalue weighted by molar-refractivity contribution is 5.80. The molecule has 6 heteroatoms. The molecule has 2 fully saturated rings. The van der Waals surface area contributed by atoms with Gasteiger partial charge in [-0.2, -0.15) is 0 Å². The summed E-state index contributed by atoms with van der Waals surface area (Å²) in [5.41, 5.74) is 0. The van der Waals surface area contributed by atoms with E-state index in [9.17, 15) is 5.11 Å². The van der Waals surface area contributed by atoms with Gasteiger partial charge in [0.1, 0.15) is 0 Å². The number of hydrogen-bond acceptors (Lipinski definition) is 4. The zero-order chi connectivity index (χ0) is 18.8. The lowest BCUT2D eigenvalue weighted by molar-refractivity contribution is 0.0301. The molecule has 3 N–H and O–H groups in total. The highest BCUT2D eigenvalue weighted by Crippen LogP contribution is 2.26. The predicted octanol–water partition coefficient (Wildman–Crippen LogP) is 1.98. The quantitative estimate of drug-likeness (QED) is 0.429. The maximum Gasteiger partial charge on any atom is 0.191 e. The molecule has 1 saturated heterocycles. The van der Waals surface area contributed by atoms with Crippen molar-refractivity contribution in [3.8, 4) is 0 Å². The van der Waals surface area contributed by atoms with Crippen molar-refractivity contribution in [2.45, 2.75) is 77.5 Å². The number of nitrogens with one attached hydrogen (secondary N) is 2. The van der Waals surface area contributed by atoms with Crippen molar-refractivity contribution in [3.05, 3.63) is 0 Å². The lowest BCUT2D eigenvalue weighted by Gasteiger charge is -2.36. The van der Waals surface area contributed by atoms with Gasteiger partial charge in [0.25, 0.3) is 0 Å². The minimum absolute atomic E-state index is 0.348. The molecule has 1 unspecified atom stereocenters. The Labute approximate surface area is 159 Å². The Kier molecular flexibility index (Phi) is 9.72. The maximum absolute atomic E-state index is 10.0. The van der Waals surface area contributed by atoms with Crippen LogP contribution in [0.25, 0.3) is 0 Å². The summed E-state index contributed by atoms with van der Waals surface area (Å²) >= 11 is 0. The van der Waals surface area contributed by atoms with E-state index in [2.05, 4.69) is 41.3 Å². The number of aliphatic hydroxyl groups is 1. The first-order chi connectivity index (χ1) is 12.6. The third-order valence-corrected chi connectivity index (χ3v) is 5.28. The highest BCUT2D eigenvalue weighted by atomic mass is 16.5. The second-order valence-electron chi connectivity index (χ2n) is 8.20. The molecule has 1 saturated carbocycles. The van der Waals surface area contributed by atoms with Crippen LogP contribution in [0.5, 0.6) is 0 Å². The van der Waals surface area contributed by atoms with Crippen LogP contribution < -0.4 is 10.6 Å². The van der Waals surface area contributed by atoms with Gasteiger partial charge in [-0.3, -0.25) is 4.99 Å². The topological polar surface area (TPSA) is 69.1 Å². The van der Waals surface area contributed by atoms with Gasteiger partial charge in [0.2, 0.25) is 0 Å². The van der Waals surface area contributed by atoms with Crippen LogP contribution in [0.15, 0.2) is 4.99 Å². The minimum Gasteiger partial charge on any atom is -0.389 e. The summed E-state index contributed by atoms with van der Waals surface area (Å²) in [6, 6.07) is 1.30. The molecule has 1 heterocycles. The van der Waals surface area contributed by atoms with Crippen molar-refractivity contribution in [2.75, 3.05) is 39.4 Å². The van der Waals surface area contributed by atoms with Gasteiger partial charge in [0.15, 0.2) is 5.96 Å². The summed E-state index contributed by atoms with van der Waals surface area (Å²) in [6.07, 6.45) is 7.38. The normalized spacial score (nSPS) is 22.1. The predicted molar refractivity (Wildman–Crippen MR) is 108 cm³/mol. The number of guanidine groups is 1. The molecule has 0 aromatic heterocycles. The molecule has 1 atom stereocenters. The van der Waals surface area contributed by atoms with E-state index in [1.165, 1.54) is 51.6 Å². The Balaban J connectivity index is 1.71. The average molecular weight is 369 g/mol. The number of aliphatic imine (C=N–C) groups is 1. The van der Waals surface area contributed by atoms with E-state index in [0.29, 0.717) is 31.7 Å². The first-order valence-electron chi connectivity index (χ1n) is 10.6. The molecule has 0 aromatic carbocycles. The standard InChI is InChI=1S/C20H40N4O2/c1-4-21-20(22-13-19(25)15-26-14-16(2)3)23-17-9-11-24(12-10-17)18-7-5-6-8-18/h16-19,25H,4-15H2,1-3H3,(H2,21,22,23). The molecule has 0 spiro atoms. The van der Waals surface area contributed by atoms with E-state index in [1.54, 1.807) is 0 Å². The average Bonchev–Trinajstić information content (AvgIpc) is 3.15. The molecule has 1 aliphatic carbocycles. The van der Waals surface area contributed by atoms with Crippen molar-refractivity contribution in [2.24, 2.45) is 10.9 Å². The monoisotopic (exact) mass is 368 g/mol. The third-order valence-electron chi connectivity index (χ3n) is 5.28. The van der Waals surface area contributed by atoms with Crippen LogP contribution in [0.4, 0.5) is 0 Å². The fraction of sp³-hybridized carbons (Fsp3) is 0.950. The summed E-state index contributed by atoms with van der Waals surface area (Å²) in [5.74, 6) is 1.30. The van der Waals surface area contributed by atoms with Gasteiger partial charge in [-0.25, -0.2) is 0 Å². The second-order valence-corrected chi connectivity index (χ2v) is 8.20. The molecule has 0 amide bonds. The minimum atomic E-state index is -0.548. The first kappa shape index (κ1) is 21.5. The van der Waals surface area contributed by atoms with E-state index < -0.39 is 6.10 Å². The van der Waals surface area contributed by atoms with Gasteiger partial charge in [0.05, 0.1) is 19.3 Å². The fourth-order valence-electron chi connectivity index (χ4n) is 3.88. The molecule has 2 aliphatic rings. The van der Waals surface area contributed by atoms with Gasteiger partial charge < -0.3 is 25.4 Å². The van der Waals surface area contributed by atoms with E-state index in [0.717, 1.165) is 18.5 Å². The largest absolute Gasteiger partial charge is 0.389 e. The molecular weight excluding hydrogens is 328 g/mol. The molecule has 6 nitrogen and oxygen atoms in total. The fourth-order valence-corrected chi connectivity index (χ4v) is 3.88. The van der Waals surface area contributed by atoms with Crippen LogP contribution in [0, 0.1) is 5.92 Å².